The molecule has 0 spiro atoms. The predicted octanol–water partition coefficient (Wildman–Crippen LogP) is 2.27. The molecule has 1 aromatic rings. The molecule has 4 heteroatoms. The first-order chi connectivity index (χ1) is 8.94. The molecular formula is C15H21NO3. The Kier molecular flexibility index (Phi) is 3.92. The Morgan fingerprint density at radius 3 is 2.84 bits per heavy atom. The molecular weight excluding hydrogens is 242 g/mol. The lowest BCUT2D eigenvalue weighted by atomic mass is 9.97. The Labute approximate surface area is 114 Å². The third-order valence-electron chi connectivity index (χ3n) is 3.64. The summed E-state index contributed by atoms with van der Waals surface area (Å²) in [5, 5.41) is 9.98. The molecule has 0 bridgehead atoms. The first kappa shape index (κ1) is 14.0. The second kappa shape index (κ2) is 5.31. The molecule has 1 N–H and O–H groups in total. The van der Waals surface area contributed by atoms with Gasteiger partial charge < -0.3 is 14.7 Å². The van der Waals surface area contributed by atoms with Gasteiger partial charge in [0.05, 0.1) is 18.1 Å². The van der Waals surface area contributed by atoms with Crippen molar-refractivity contribution in [3.8, 4) is 0 Å². The Morgan fingerprint density at radius 2 is 2.16 bits per heavy atom. The number of hydrogen-bond acceptors (Lipinski definition) is 3. The van der Waals surface area contributed by atoms with Crippen LogP contribution in [0.15, 0.2) is 24.3 Å². The summed E-state index contributed by atoms with van der Waals surface area (Å²) >= 11 is 0. The normalized spacial score (nSPS) is 19.2. The van der Waals surface area contributed by atoms with Crippen LogP contribution in [0.1, 0.15) is 38.4 Å². The van der Waals surface area contributed by atoms with E-state index < -0.39 is 11.7 Å². The van der Waals surface area contributed by atoms with Gasteiger partial charge in [-0.25, -0.2) is 0 Å². The fourth-order valence-corrected chi connectivity index (χ4v) is 2.33. The van der Waals surface area contributed by atoms with E-state index in [1.807, 2.05) is 38.1 Å². The fraction of sp³-hybridized carbons (Fsp3) is 0.533. The molecule has 0 saturated carbocycles. The van der Waals surface area contributed by atoms with Crippen LogP contribution in [0.2, 0.25) is 0 Å². The summed E-state index contributed by atoms with van der Waals surface area (Å²) in [6.07, 6.45) is 0.431. The van der Waals surface area contributed by atoms with Gasteiger partial charge in [-0.3, -0.25) is 4.79 Å². The Bertz CT molecular complexity index is 470. The van der Waals surface area contributed by atoms with Crippen molar-refractivity contribution in [1.82, 2.24) is 0 Å². The first-order valence-corrected chi connectivity index (χ1v) is 6.57. The number of benzene rings is 1. The summed E-state index contributed by atoms with van der Waals surface area (Å²) in [4.78, 5) is 14.2. The molecule has 0 aliphatic carbocycles. The summed E-state index contributed by atoms with van der Waals surface area (Å²) in [5.74, 6) is 0.0335. The Morgan fingerprint density at radius 1 is 1.47 bits per heavy atom. The summed E-state index contributed by atoms with van der Waals surface area (Å²) < 4.78 is 5.31. The van der Waals surface area contributed by atoms with Crippen molar-refractivity contribution < 1.29 is 14.6 Å². The molecule has 0 radical (unpaired) electrons. The molecule has 0 saturated heterocycles. The van der Waals surface area contributed by atoms with Crippen molar-refractivity contribution in [2.75, 3.05) is 18.6 Å². The van der Waals surface area contributed by atoms with E-state index in [1.54, 1.807) is 12.0 Å². The van der Waals surface area contributed by atoms with Crippen LogP contribution in [-0.2, 0) is 9.53 Å². The van der Waals surface area contributed by atoms with Gasteiger partial charge in [0.15, 0.2) is 0 Å². The zero-order valence-electron chi connectivity index (χ0n) is 11.7. The van der Waals surface area contributed by atoms with Crippen molar-refractivity contribution in [3.05, 3.63) is 29.8 Å². The number of methoxy groups -OCH3 is 1. The highest BCUT2D eigenvalue weighted by Crippen LogP contribution is 2.34. The van der Waals surface area contributed by atoms with E-state index in [4.69, 9.17) is 4.74 Å². The second-order valence-corrected chi connectivity index (χ2v) is 5.55. The molecule has 104 valence electrons. The van der Waals surface area contributed by atoms with E-state index >= 15 is 0 Å². The minimum absolute atomic E-state index is 0.0335. The van der Waals surface area contributed by atoms with E-state index in [0.29, 0.717) is 19.4 Å². The van der Waals surface area contributed by atoms with Crippen LogP contribution in [0.5, 0.6) is 0 Å². The maximum absolute atomic E-state index is 12.4. The number of amides is 1. The largest absolute Gasteiger partial charge is 0.388 e. The van der Waals surface area contributed by atoms with Gasteiger partial charge in [0.1, 0.15) is 0 Å². The predicted molar refractivity (Wildman–Crippen MR) is 74.1 cm³/mol. The molecule has 1 aliphatic heterocycles. The number of carbonyl (C=O) groups excluding carboxylic acids is 1. The summed E-state index contributed by atoms with van der Waals surface area (Å²) in [6.45, 7) is 4.35. The van der Waals surface area contributed by atoms with Crippen LogP contribution in [-0.4, -0.2) is 30.3 Å². The van der Waals surface area contributed by atoms with Gasteiger partial charge in [-0.2, -0.15) is 0 Å². The van der Waals surface area contributed by atoms with E-state index in [2.05, 4.69) is 0 Å². The summed E-state index contributed by atoms with van der Waals surface area (Å²) in [7, 11) is 1.61. The van der Waals surface area contributed by atoms with E-state index in [0.717, 1.165) is 11.3 Å². The van der Waals surface area contributed by atoms with Gasteiger partial charge in [-0.05, 0) is 26.3 Å². The lowest BCUT2D eigenvalue weighted by Crippen LogP contribution is -2.40. The van der Waals surface area contributed by atoms with Crippen LogP contribution in [0.25, 0.3) is 0 Å². The molecule has 1 heterocycles. The third kappa shape index (κ3) is 2.96. The number of carbonyl (C=O) groups is 1. The summed E-state index contributed by atoms with van der Waals surface area (Å²) in [5.41, 5.74) is 1.18. The number of ether oxygens (including phenoxy) is 1. The average Bonchev–Trinajstić information content (AvgIpc) is 2.39. The topological polar surface area (TPSA) is 49.8 Å². The molecule has 0 aromatic heterocycles. The number of aliphatic hydroxyl groups is 1. The lowest BCUT2D eigenvalue weighted by Gasteiger charge is -2.34. The maximum Gasteiger partial charge on any atom is 0.229 e. The van der Waals surface area contributed by atoms with E-state index in [9.17, 15) is 9.90 Å². The third-order valence-corrected chi connectivity index (χ3v) is 3.64. The molecule has 1 unspecified atom stereocenters. The molecule has 19 heavy (non-hydrogen) atoms. The lowest BCUT2D eigenvalue weighted by molar-refractivity contribution is -0.123. The van der Waals surface area contributed by atoms with Crippen LogP contribution in [0, 0.1) is 0 Å². The van der Waals surface area contributed by atoms with Gasteiger partial charge in [0, 0.05) is 24.9 Å². The standard InChI is InChI=1S/C15H21NO3/c1-15(2,19-3)10-14(18)16-9-8-13(17)11-6-4-5-7-12(11)16/h4-7,13,17H,8-10H2,1-3H3. The first-order valence-electron chi connectivity index (χ1n) is 6.57. The molecule has 0 fully saturated rings. The monoisotopic (exact) mass is 263 g/mol. The number of nitrogens with zero attached hydrogens (tertiary/aromatic N) is 1. The van der Waals surface area contributed by atoms with Crippen molar-refractivity contribution >= 4 is 11.6 Å². The maximum atomic E-state index is 12.4. The highest BCUT2D eigenvalue weighted by atomic mass is 16.5. The number of hydrogen-bond donors (Lipinski definition) is 1. The zero-order valence-corrected chi connectivity index (χ0v) is 11.7. The summed E-state index contributed by atoms with van der Waals surface area (Å²) in [6, 6.07) is 7.53. The van der Waals surface area contributed by atoms with Gasteiger partial charge in [0.2, 0.25) is 5.91 Å². The highest BCUT2D eigenvalue weighted by Gasteiger charge is 2.30. The minimum Gasteiger partial charge on any atom is -0.388 e. The van der Waals surface area contributed by atoms with Crippen LogP contribution in [0.3, 0.4) is 0 Å². The number of para-hydroxylation sites is 1. The van der Waals surface area contributed by atoms with Crippen LogP contribution >= 0.6 is 0 Å². The van der Waals surface area contributed by atoms with Crippen molar-refractivity contribution in [1.29, 1.82) is 0 Å². The number of rotatable bonds is 3. The minimum atomic E-state index is -0.476. The molecule has 2 rings (SSSR count). The van der Waals surface area contributed by atoms with Crippen LogP contribution in [0.4, 0.5) is 5.69 Å². The molecule has 4 nitrogen and oxygen atoms in total. The quantitative estimate of drug-likeness (QED) is 0.910. The van der Waals surface area contributed by atoms with Crippen molar-refractivity contribution in [3.63, 3.8) is 0 Å². The molecule has 1 amide bonds. The SMILES string of the molecule is COC(C)(C)CC(=O)N1CCC(O)c2ccccc21. The highest BCUT2D eigenvalue weighted by molar-refractivity contribution is 5.95. The average molecular weight is 263 g/mol. The molecule has 1 aromatic carbocycles. The van der Waals surface area contributed by atoms with Gasteiger partial charge in [-0.15, -0.1) is 0 Å². The van der Waals surface area contributed by atoms with Crippen molar-refractivity contribution in [2.24, 2.45) is 0 Å². The zero-order chi connectivity index (χ0) is 14.0. The number of aliphatic hydroxyl groups excluding tert-OH is 1. The van der Waals surface area contributed by atoms with Gasteiger partial charge >= 0.3 is 0 Å². The van der Waals surface area contributed by atoms with Gasteiger partial charge in [0.25, 0.3) is 0 Å². The second-order valence-electron chi connectivity index (χ2n) is 5.55. The van der Waals surface area contributed by atoms with Crippen molar-refractivity contribution in [2.45, 2.75) is 38.4 Å². The Hall–Kier alpha value is -1.39. The van der Waals surface area contributed by atoms with Gasteiger partial charge in [-0.1, -0.05) is 18.2 Å². The smallest absolute Gasteiger partial charge is 0.229 e. The fourth-order valence-electron chi connectivity index (χ4n) is 2.33. The number of anilines is 1. The number of fused-ring (bicyclic) bond motifs is 1. The van der Waals surface area contributed by atoms with E-state index in [-0.39, 0.29) is 5.91 Å². The van der Waals surface area contributed by atoms with E-state index in [1.165, 1.54) is 0 Å². The van der Waals surface area contributed by atoms with Crippen LogP contribution < -0.4 is 4.90 Å². The molecule has 1 atom stereocenters. The molecule has 1 aliphatic rings. The Balaban J connectivity index is 2.23.